The van der Waals surface area contributed by atoms with E-state index in [4.69, 9.17) is 9.47 Å². The maximum atomic E-state index is 10.6. The summed E-state index contributed by atoms with van der Waals surface area (Å²) in [5.41, 5.74) is 0.579. The van der Waals surface area contributed by atoms with Crippen molar-refractivity contribution in [3.8, 4) is 11.5 Å². The third-order valence-corrected chi connectivity index (χ3v) is 1.84. The number of benzene rings is 1. The van der Waals surface area contributed by atoms with Gasteiger partial charge >= 0.3 is 0 Å². The lowest BCUT2D eigenvalue weighted by Gasteiger charge is -2.08. The van der Waals surface area contributed by atoms with Crippen molar-refractivity contribution in [2.24, 2.45) is 0 Å². The van der Waals surface area contributed by atoms with Crippen LogP contribution in [-0.4, -0.2) is 26.8 Å². The second-order valence-electron chi connectivity index (χ2n) is 2.57. The quantitative estimate of drug-likeness (QED) is 0.737. The molecule has 0 saturated carbocycles. The Kier molecular flexibility index (Phi) is 6.59. The number of hydrogen-bond acceptors (Lipinski definition) is 4. The number of methoxy groups -OCH3 is 2. The van der Waals surface area contributed by atoms with E-state index in [9.17, 15) is 9.59 Å². The van der Waals surface area contributed by atoms with Gasteiger partial charge in [0.15, 0.2) is 24.1 Å². The Morgan fingerprint density at radius 2 is 1.19 bits per heavy atom. The molecule has 0 aliphatic rings. The zero-order valence-electron chi connectivity index (χ0n) is 9.94. The molecule has 0 N–H and O–H groups in total. The highest BCUT2D eigenvalue weighted by Crippen LogP contribution is 2.29. The summed E-state index contributed by atoms with van der Waals surface area (Å²) in [6, 6.07) is 2.94. The average Bonchev–Trinajstić information content (AvgIpc) is 2.39. The Labute approximate surface area is 95.2 Å². The maximum absolute atomic E-state index is 10.6. The summed E-state index contributed by atoms with van der Waals surface area (Å²) in [6.07, 6.45) is 1.21. The van der Waals surface area contributed by atoms with Crippen LogP contribution in [0.15, 0.2) is 12.1 Å². The first kappa shape index (κ1) is 14.2. The van der Waals surface area contributed by atoms with Crippen molar-refractivity contribution < 1.29 is 19.1 Å². The third-order valence-electron chi connectivity index (χ3n) is 1.84. The molecular weight excluding hydrogens is 208 g/mol. The summed E-state index contributed by atoms with van der Waals surface area (Å²) < 4.78 is 9.96. The van der Waals surface area contributed by atoms with Gasteiger partial charge in [-0.3, -0.25) is 9.59 Å². The first-order chi connectivity index (χ1) is 7.76. The van der Waals surface area contributed by atoms with Crippen LogP contribution in [0.3, 0.4) is 0 Å². The minimum atomic E-state index is 0.289. The van der Waals surface area contributed by atoms with Crippen molar-refractivity contribution in [1.82, 2.24) is 0 Å². The highest BCUT2D eigenvalue weighted by Gasteiger charge is 2.09. The lowest BCUT2D eigenvalue weighted by atomic mass is 10.1. The van der Waals surface area contributed by atoms with E-state index in [0.717, 1.165) is 0 Å². The van der Waals surface area contributed by atoms with Gasteiger partial charge < -0.3 is 9.47 Å². The molecule has 1 rings (SSSR count). The standard InChI is InChI=1S/C10H10O4.C2H6/c1-13-9-3-7(5-11)8(6-12)4-10(9)14-2;1-2/h3-6H,1-2H3;1-2H3. The molecule has 0 fully saturated rings. The molecule has 0 amide bonds. The Morgan fingerprint density at radius 1 is 0.875 bits per heavy atom. The highest BCUT2D eigenvalue weighted by molar-refractivity contribution is 5.91. The smallest absolute Gasteiger partial charge is 0.161 e. The predicted octanol–water partition coefficient (Wildman–Crippen LogP) is 2.36. The highest BCUT2D eigenvalue weighted by atomic mass is 16.5. The van der Waals surface area contributed by atoms with E-state index in [1.807, 2.05) is 13.8 Å². The molecule has 0 atom stereocenters. The minimum Gasteiger partial charge on any atom is -0.493 e. The van der Waals surface area contributed by atoms with Crippen molar-refractivity contribution in [3.05, 3.63) is 23.3 Å². The van der Waals surface area contributed by atoms with Crippen molar-refractivity contribution in [3.63, 3.8) is 0 Å². The SMILES string of the molecule is CC.COc1cc(C=O)c(C=O)cc1OC. The number of carbonyl (C=O) groups is 2. The molecule has 0 aliphatic heterocycles. The molecule has 0 spiro atoms. The number of carbonyl (C=O) groups excluding carboxylic acids is 2. The minimum absolute atomic E-state index is 0.289. The van der Waals surface area contributed by atoms with Gasteiger partial charge in [0.05, 0.1) is 14.2 Å². The zero-order valence-corrected chi connectivity index (χ0v) is 9.94. The first-order valence-corrected chi connectivity index (χ1v) is 4.93. The van der Waals surface area contributed by atoms with Crippen LogP contribution in [0.1, 0.15) is 34.6 Å². The number of ether oxygens (including phenoxy) is 2. The molecule has 0 bridgehead atoms. The molecule has 0 heterocycles. The van der Waals surface area contributed by atoms with Crippen molar-refractivity contribution in [2.45, 2.75) is 13.8 Å². The average molecular weight is 224 g/mol. The summed E-state index contributed by atoms with van der Waals surface area (Å²) in [5, 5.41) is 0. The Morgan fingerprint density at radius 3 is 1.38 bits per heavy atom. The largest absolute Gasteiger partial charge is 0.493 e. The van der Waals surface area contributed by atoms with Gasteiger partial charge in [-0.15, -0.1) is 0 Å². The van der Waals surface area contributed by atoms with Gasteiger partial charge in [-0.1, -0.05) is 13.8 Å². The summed E-state index contributed by atoms with van der Waals surface area (Å²) in [4.78, 5) is 21.2. The number of hydrogen-bond donors (Lipinski definition) is 0. The molecule has 0 aliphatic carbocycles. The number of rotatable bonds is 4. The topological polar surface area (TPSA) is 52.6 Å². The first-order valence-electron chi connectivity index (χ1n) is 4.93. The van der Waals surface area contributed by atoms with Crippen LogP contribution in [0.5, 0.6) is 11.5 Å². The summed E-state index contributed by atoms with van der Waals surface area (Å²) in [5.74, 6) is 0.861. The predicted molar refractivity (Wildman–Crippen MR) is 61.7 cm³/mol. The van der Waals surface area contributed by atoms with Gasteiger partial charge in [0, 0.05) is 11.1 Å². The molecule has 0 aromatic heterocycles. The second kappa shape index (κ2) is 7.45. The molecule has 0 unspecified atom stereocenters. The van der Waals surface area contributed by atoms with E-state index in [2.05, 4.69) is 0 Å². The molecule has 88 valence electrons. The van der Waals surface area contributed by atoms with Gasteiger partial charge in [-0.05, 0) is 12.1 Å². The fourth-order valence-corrected chi connectivity index (χ4v) is 1.11. The Balaban J connectivity index is 0.00000106. The second-order valence-corrected chi connectivity index (χ2v) is 2.57. The van der Waals surface area contributed by atoms with Crippen molar-refractivity contribution in [1.29, 1.82) is 0 Å². The molecular formula is C12H16O4. The van der Waals surface area contributed by atoms with Gasteiger partial charge in [0.2, 0.25) is 0 Å². The van der Waals surface area contributed by atoms with Gasteiger partial charge in [-0.25, -0.2) is 0 Å². The van der Waals surface area contributed by atoms with Crippen LogP contribution in [0.25, 0.3) is 0 Å². The van der Waals surface area contributed by atoms with Crippen molar-refractivity contribution >= 4 is 12.6 Å². The van der Waals surface area contributed by atoms with E-state index in [-0.39, 0.29) is 11.1 Å². The molecule has 4 heteroatoms. The summed E-state index contributed by atoms with van der Waals surface area (Å²) >= 11 is 0. The monoisotopic (exact) mass is 224 g/mol. The molecule has 1 aromatic carbocycles. The Hall–Kier alpha value is -1.84. The number of aldehydes is 2. The fourth-order valence-electron chi connectivity index (χ4n) is 1.11. The molecule has 0 radical (unpaired) electrons. The van der Waals surface area contributed by atoms with E-state index >= 15 is 0 Å². The van der Waals surface area contributed by atoms with Crippen LogP contribution in [-0.2, 0) is 0 Å². The Bertz CT molecular complexity index is 323. The fraction of sp³-hybridized carbons (Fsp3) is 0.333. The van der Waals surface area contributed by atoms with Crippen LogP contribution >= 0.6 is 0 Å². The molecule has 1 aromatic rings. The van der Waals surface area contributed by atoms with E-state index < -0.39 is 0 Å². The van der Waals surface area contributed by atoms with Gasteiger partial charge in [-0.2, -0.15) is 0 Å². The lowest BCUT2D eigenvalue weighted by Crippen LogP contribution is -1.96. The molecule has 0 saturated heterocycles. The van der Waals surface area contributed by atoms with Crippen molar-refractivity contribution in [2.75, 3.05) is 14.2 Å². The summed E-state index contributed by atoms with van der Waals surface area (Å²) in [7, 11) is 2.93. The third kappa shape index (κ3) is 3.08. The van der Waals surface area contributed by atoms with E-state index in [0.29, 0.717) is 24.1 Å². The summed E-state index contributed by atoms with van der Waals surface area (Å²) in [6.45, 7) is 4.00. The van der Waals surface area contributed by atoms with Gasteiger partial charge in [0.1, 0.15) is 0 Å². The van der Waals surface area contributed by atoms with E-state index in [1.54, 1.807) is 0 Å². The van der Waals surface area contributed by atoms with Crippen LogP contribution in [0.4, 0.5) is 0 Å². The maximum Gasteiger partial charge on any atom is 0.161 e. The molecule has 4 nitrogen and oxygen atoms in total. The van der Waals surface area contributed by atoms with Crippen LogP contribution in [0, 0.1) is 0 Å². The van der Waals surface area contributed by atoms with Crippen LogP contribution in [0.2, 0.25) is 0 Å². The molecule has 16 heavy (non-hydrogen) atoms. The zero-order chi connectivity index (χ0) is 12.6. The van der Waals surface area contributed by atoms with E-state index in [1.165, 1.54) is 26.4 Å². The lowest BCUT2D eigenvalue weighted by molar-refractivity contribution is 0.109. The van der Waals surface area contributed by atoms with Crippen LogP contribution < -0.4 is 9.47 Å². The normalized spacial score (nSPS) is 8.50. The van der Waals surface area contributed by atoms with Gasteiger partial charge in [0.25, 0.3) is 0 Å².